The largest absolute Gasteiger partial charge is 0.394 e. The Balaban J connectivity index is 1.86. The first-order chi connectivity index (χ1) is 32.6. The fraction of sp³-hybridized carbons (Fsp3) is 0.792. The first kappa shape index (κ1) is 60.8. The molecule has 14 nitrogen and oxygen atoms in total. The van der Waals surface area contributed by atoms with Crippen molar-refractivity contribution in [3.8, 4) is 0 Å². The molecule has 14 heteroatoms. The van der Waals surface area contributed by atoms with Gasteiger partial charge in [0.25, 0.3) is 0 Å². The minimum Gasteiger partial charge on any atom is -0.394 e. The summed E-state index contributed by atoms with van der Waals surface area (Å²) < 4.78 is 22.7. The van der Waals surface area contributed by atoms with Crippen molar-refractivity contribution in [2.75, 3.05) is 19.8 Å². The van der Waals surface area contributed by atoms with Crippen LogP contribution in [0.1, 0.15) is 174 Å². The SMILES string of the molecule is CCCCC/C=C\C/C=C\C/C=C\CCCCCCCCC(=O)NC(COC1OC(CO)C(OC2OC(CO)C(O)C(O)C2O)C(O)C1O)C(O)/C=C/CC/C=C/CCCCCCCCCC. The van der Waals surface area contributed by atoms with E-state index < -0.39 is 86.8 Å². The van der Waals surface area contributed by atoms with Crippen molar-refractivity contribution in [1.29, 1.82) is 0 Å². The van der Waals surface area contributed by atoms with E-state index in [1.807, 2.05) is 6.08 Å². The molecule has 0 saturated carbocycles. The Morgan fingerprint density at radius 3 is 1.60 bits per heavy atom. The number of allylic oxidation sites excluding steroid dienone is 9. The van der Waals surface area contributed by atoms with E-state index in [2.05, 4.69) is 67.8 Å². The van der Waals surface area contributed by atoms with Crippen molar-refractivity contribution in [2.45, 2.75) is 248 Å². The van der Waals surface area contributed by atoms with Crippen molar-refractivity contribution in [3.05, 3.63) is 60.8 Å². The molecule has 0 radical (unpaired) electrons. The molecule has 0 aliphatic carbocycles. The maximum atomic E-state index is 13.2. The summed E-state index contributed by atoms with van der Waals surface area (Å²) in [5, 5.41) is 86.7. The molecule has 67 heavy (non-hydrogen) atoms. The van der Waals surface area contributed by atoms with Gasteiger partial charge in [-0.15, -0.1) is 0 Å². The van der Waals surface area contributed by atoms with Crippen molar-refractivity contribution in [3.63, 3.8) is 0 Å². The van der Waals surface area contributed by atoms with E-state index in [4.69, 9.17) is 18.9 Å². The van der Waals surface area contributed by atoms with Crippen LogP contribution in [0.4, 0.5) is 0 Å². The third-order valence-electron chi connectivity index (χ3n) is 12.4. The Labute approximate surface area is 403 Å². The van der Waals surface area contributed by atoms with E-state index >= 15 is 0 Å². The van der Waals surface area contributed by atoms with Crippen molar-refractivity contribution >= 4 is 5.91 Å². The standard InChI is InChI=1S/C53H93NO13/c1-3-5-7-9-11-13-15-17-19-20-21-22-23-25-27-29-31-33-35-37-45(58)54-41(42(57)36-34-32-30-28-26-24-18-16-14-12-10-8-6-4-2)40-64-52-50(63)48(61)51(44(39-56)66-52)67-53-49(62)47(60)46(59)43(38-55)65-53/h11,13,17,19,21-22,26,28,34,36,41-44,46-53,55-57,59-63H,3-10,12,14-16,18,20,23-25,27,29-33,35,37-40H2,1-2H3,(H,54,58)/b13-11-,19-17-,22-21-,28-26+,36-34+. The van der Waals surface area contributed by atoms with Crippen molar-refractivity contribution in [2.24, 2.45) is 0 Å². The number of nitrogens with one attached hydrogen (secondary N) is 1. The molecule has 2 heterocycles. The highest BCUT2D eigenvalue weighted by atomic mass is 16.7. The lowest BCUT2D eigenvalue weighted by molar-refractivity contribution is -0.359. The molecule has 12 atom stereocenters. The van der Waals surface area contributed by atoms with Gasteiger partial charge in [0.15, 0.2) is 12.6 Å². The molecule has 0 spiro atoms. The molecule has 1 amide bonds. The number of unbranched alkanes of at least 4 members (excludes halogenated alkanes) is 18. The summed E-state index contributed by atoms with van der Waals surface area (Å²) in [6.45, 7) is 2.71. The van der Waals surface area contributed by atoms with E-state index in [-0.39, 0.29) is 18.9 Å². The maximum Gasteiger partial charge on any atom is 0.220 e. The number of rotatable bonds is 39. The highest BCUT2D eigenvalue weighted by Crippen LogP contribution is 2.30. The third-order valence-corrected chi connectivity index (χ3v) is 12.4. The number of amides is 1. The highest BCUT2D eigenvalue weighted by molar-refractivity contribution is 5.76. The summed E-state index contributed by atoms with van der Waals surface area (Å²) in [5.41, 5.74) is 0. The molecular formula is C53H93NO13. The van der Waals surface area contributed by atoms with Crippen LogP contribution in [0.2, 0.25) is 0 Å². The van der Waals surface area contributed by atoms with E-state index in [1.165, 1.54) is 77.0 Å². The molecule has 0 aromatic rings. The van der Waals surface area contributed by atoms with Crippen LogP contribution < -0.4 is 5.32 Å². The molecule has 388 valence electrons. The van der Waals surface area contributed by atoms with Gasteiger partial charge in [0.2, 0.25) is 5.91 Å². The fourth-order valence-electron chi connectivity index (χ4n) is 8.13. The second kappa shape index (κ2) is 39.4. The quantitative estimate of drug-likeness (QED) is 0.0223. The molecule has 0 bridgehead atoms. The van der Waals surface area contributed by atoms with Crippen LogP contribution in [0.15, 0.2) is 60.8 Å². The second-order valence-corrected chi connectivity index (χ2v) is 18.3. The smallest absolute Gasteiger partial charge is 0.220 e. The lowest BCUT2D eigenvalue weighted by Gasteiger charge is -2.46. The van der Waals surface area contributed by atoms with Gasteiger partial charge in [0.05, 0.1) is 32.0 Å². The lowest BCUT2D eigenvalue weighted by atomic mass is 9.97. The second-order valence-electron chi connectivity index (χ2n) is 18.3. The van der Waals surface area contributed by atoms with E-state index in [0.717, 1.165) is 64.2 Å². The van der Waals surface area contributed by atoms with Crippen molar-refractivity contribution in [1.82, 2.24) is 5.32 Å². The third kappa shape index (κ3) is 26.5. The number of carbonyl (C=O) groups excluding carboxylic acids is 1. The zero-order chi connectivity index (χ0) is 48.9. The molecule has 2 aliphatic heterocycles. The van der Waals surface area contributed by atoms with E-state index in [0.29, 0.717) is 12.8 Å². The molecule has 0 aromatic carbocycles. The molecule has 9 N–H and O–H groups in total. The number of hydrogen-bond donors (Lipinski definition) is 9. The van der Waals surface area contributed by atoms with Gasteiger partial charge < -0.3 is 65.1 Å². The zero-order valence-electron chi connectivity index (χ0n) is 41.1. The van der Waals surface area contributed by atoms with Crippen LogP contribution in [0, 0.1) is 0 Å². The first-order valence-corrected chi connectivity index (χ1v) is 26.0. The Hall–Kier alpha value is -2.31. The normalized spacial score (nSPS) is 27.1. The molecule has 2 aliphatic rings. The van der Waals surface area contributed by atoms with Gasteiger partial charge in [-0.25, -0.2) is 0 Å². The fourth-order valence-corrected chi connectivity index (χ4v) is 8.13. The predicted octanol–water partition coefficient (Wildman–Crippen LogP) is 7.05. The Kier molecular flexibility index (Phi) is 35.8. The average Bonchev–Trinajstić information content (AvgIpc) is 3.32. The molecular weight excluding hydrogens is 859 g/mol. The predicted molar refractivity (Wildman–Crippen MR) is 263 cm³/mol. The number of carbonyl (C=O) groups is 1. The van der Waals surface area contributed by atoms with Gasteiger partial charge in [-0.1, -0.05) is 158 Å². The number of hydrogen-bond acceptors (Lipinski definition) is 13. The summed E-state index contributed by atoms with van der Waals surface area (Å²) >= 11 is 0. The number of aliphatic hydroxyl groups is 8. The Bertz CT molecular complexity index is 1360. The maximum absolute atomic E-state index is 13.2. The van der Waals surface area contributed by atoms with Crippen LogP contribution in [0.5, 0.6) is 0 Å². The van der Waals surface area contributed by atoms with E-state index in [1.54, 1.807) is 6.08 Å². The van der Waals surface area contributed by atoms with Crippen LogP contribution >= 0.6 is 0 Å². The van der Waals surface area contributed by atoms with Crippen LogP contribution in [-0.4, -0.2) is 140 Å². The average molecular weight is 952 g/mol. The molecule has 2 fully saturated rings. The van der Waals surface area contributed by atoms with Gasteiger partial charge in [-0.2, -0.15) is 0 Å². The Morgan fingerprint density at radius 1 is 0.537 bits per heavy atom. The molecule has 2 rings (SSSR count). The van der Waals surface area contributed by atoms with Gasteiger partial charge in [-0.05, 0) is 70.6 Å². The van der Waals surface area contributed by atoms with Gasteiger partial charge in [0, 0.05) is 6.42 Å². The Morgan fingerprint density at radius 2 is 1.00 bits per heavy atom. The highest BCUT2D eigenvalue weighted by Gasteiger charge is 2.51. The monoisotopic (exact) mass is 952 g/mol. The minimum absolute atomic E-state index is 0.256. The summed E-state index contributed by atoms with van der Waals surface area (Å²) in [7, 11) is 0. The van der Waals surface area contributed by atoms with Crippen LogP contribution in [0.3, 0.4) is 0 Å². The summed E-state index contributed by atoms with van der Waals surface area (Å²) in [5.74, 6) is -0.265. The number of ether oxygens (including phenoxy) is 4. The van der Waals surface area contributed by atoms with Gasteiger partial charge >= 0.3 is 0 Å². The van der Waals surface area contributed by atoms with Gasteiger partial charge in [0.1, 0.15) is 48.8 Å². The van der Waals surface area contributed by atoms with Crippen LogP contribution in [-0.2, 0) is 23.7 Å². The van der Waals surface area contributed by atoms with Crippen LogP contribution in [0.25, 0.3) is 0 Å². The van der Waals surface area contributed by atoms with E-state index in [9.17, 15) is 45.6 Å². The minimum atomic E-state index is -1.79. The molecule has 0 aromatic heterocycles. The van der Waals surface area contributed by atoms with Gasteiger partial charge in [-0.3, -0.25) is 4.79 Å². The lowest BCUT2D eigenvalue weighted by Crippen LogP contribution is -2.65. The molecule has 2 saturated heterocycles. The topological polar surface area (TPSA) is 228 Å². The summed E-state index contributed by atoms with van der Waals surface area (Å²) in [4.78, 5) is 13.2. The molecule has 12 unspecified atom stereocenters. The summed E-state index contributed by atoms with van der Waals surface area (Å²) in [6.07, 6.45) is 31.1. The van der Waals surface area contributed by atoms with Crippen molar-refractivity contribution < 1.29 is 64.6 Å². The first-order valence-electron chi connectivity index (χ1n) is 26.0. The summed E-state index contributed by atoms with van der Waals surface area (Å²) in [6, 6.07) is -0.939. The zero-order valence-corrected chi connectivity index (χ0v) is 41.1. The number of aliphatic hydroxyl groups excluding tert-OH is 8.